The number of ether oxygens (including phenoxy) is 1. The lowest BCUT2D eigenvalue weighted by molar-refractivity contribution is -0.136. The molecule has 1 aromatic rings. The van der Waals surface area contributed by atoms with Gasteiger partial charge in [0.05, 0.1) is 19.8 Å². The third-order valence-electron chi connectivity index (χ3n) is 2.64. The molecule has 14 heavy (non-hydrogen) atoms. The highest BCUT2D eigenvalue weighted by Gasteiger charge is 2.37. The highest BCUT2D eigenvalue weighted by molar-refractivity contribution is 5.18. The molecule has 0 radical (unpaired) electrons. The van der Waals surface area contributed by atoms with Crippen molar-refractivity contribution in [1.82, 2.24) is 0 Å². The van der Waals surface area contributed by atoms with Gasteiger partial charge in [0.25, 0.3) is 0 Å². The first kappa shape index (κ1) is 9.62. The third kappa shape index (κ3) is 1.79. The Kier molecular flexibility index (Phi) is 2.52. The first-order valence-corrected chi connectivity index (χ1v) is 4.67. The molecule has 0 bridgehead atoms. The van der Waals surface area contributed by atoms with Gasteiger partial charge in [0.15, 0.2) is 0 Å². The van der Waals surface area contributed by atoms with E-state index in [0.29, 0.717) is 13.2 Å². The summed E-state index contributed by atoms with van der Waals surface area (Å²) in [4.78, 5) is 0. The number of benzene rings is 1. The van der Waals surface area contributed by atoms with Gasteiger partial charge in [-0.2, -0.15) is 0 Å². The van der Waals surface area contributed by atoms with Crippen LogP contribution in [0.25, 0.3) is 0 Å². The Balaban J connectivity index is 2.06. The number of aliphatic hydroxyl groups is 1. The normalized spacial score (nSPS) is 19.0. The van der Waals surface area contributed by atoms with E-state index >= 15 is 0 Å². The first-order valence-electron chi connectivity index (χ1n) is 4.67. The van der Waals surface area contributed by atoms with Gasteiger partial charge in [0.2, 0.25) is 0 Å². The maximum absolute atomic E-state index is 12.6. The molecule has 3 heteroatoms. The molecule has 1 N–H and O–H groups in total. The summed E-state index contributed by atoms with van der Waals surface area (Å²) in [6.07, 6.45) is 0.754. The second-order valence-electron chi connectivity index (χ2n) is 3.95. The number of rotatable bonds is 3. The molecule has 2 nitrogen and oxygen atoms in total. The molecule has 1 fully saturated rings. The highest BCUT2D eigenvalue weighted by Crippen LogP contribution is 2.30. The van der Waals surface area contributed by atoms with E-state index in [1.54, 1.807) is 12.1 Å². The predicted molar refractivity (Wildman–Crippen MR) is 50.4 cm³/mol. The van der Waals surface area contributed by atoms with E-state index in [2.05, 4.69) is 0 Å². The number of halogens is 1. The largest absolute Gasteiger partial charge is 0.396 e. The lowest BCUT2D eigenvalue weighted by Crippen LogP contribution is -2.47. The predicted octanol–water partition coefficient (Wildman–Crippen LogP) is 1.38. The molecular weight excluding hydrogens is 183 g/mol. The van der Waals surface area contributed by atoms with Gasteiger partial charge in [-0.25, -0.2) is 4.39 Å². The minimum atomic E-state index is -0.225. The van der Waals surface area contributed by atoms with Gasteiger partial charge in [-0.15, -0.1) is 0 Å². The minimum absolute atomic E-state index is 0.127. The lowest BCUT2D eigenvalue weighted by atomic mass is 9.81. The minimum Gasteiger partial charge on any atom is -0.396 e. The topological polar surface area (TPSA) is 29.5 Å². The molecule has 0 amide bonds. The van der Waals surface area contributed by atoms with Crippen LogP contribution in [0, 0.1) is 11.2 Å². The van der Waals surface area contributed by atoms with Crippen LogP contribution in [0.4, 0.5) is 4.39 Å². The summed E-state index contributed by atoms with van der Waals surface area (Å²) >= 11 is 0. The molecule has 2 rings (SSSR count). The van der Waals surface area contributed by atoms with Gasteiger partial charge >= 0.3 is 0 Å². The maximum atomic E-state index is 12.6. The Hall–Kier alpha value is -0.930. The maximum Gasteiger partial charge on any atom is 0.123 e. The first-order chi connectivity index (χ1) is 6.74. The zero-order valence-electron chi connectivity index (χ0n) is 7.87. The van der Waals surface area contributed by atoms with Gasteiger partial charge in [0.1, 0.15) is 5.82 Å². The Labute approximate surface area is 82.3 Å². The molecule has 0 atom stereocenters. The molecule has 1 heterocycles. The van der Waals surface area contributed by atoms with E-state index < -0.39 is 0 Å². The summed E-state index contributed by atoms with van der Waals surface area (Å²) in [5, 5.41) is 9.20. The molecule has 0 spiro atoms. The second-order valence-corrected chi connectivity index (χ2v) is 3.95. The van der Waals surface area contributed by atoms with Crippen molar-refractivity contribution in [2.75, 3.05) is 19.8 Å². The Bertz CT molecular complexity index is 298. The zero-order chi connectivity index (χ0) is 10.0. The SMILES string of the molecule is OCC1(Cc2ccc(F)cc2)COC1. The van der Waals surface area contributed by atoms with Crippen LogP contribution in [0.5, 0.6) is 0 Å². The van der Waals surface area contributed by atoms with Crippen molar-refractivity contribution in [2.45, 2.75) is 6.42 Å². The molecular formula is C11H13FO2. The van der Waals surface area contributed by atoms with Crippen LogP contribution in [0.3, 0.4) is 0 Å². The van der Waals surface area contributed by atoms with E-state index in [1.165, 1.54) is 12.1 Å². The van der Waals surface area contributed by atoms with Crippen LogP contribution >= 0.6 is 0 Å². The standard InChI is InChI=1S/C11H13FO2/c12-10-3-1-9(2-4-10)5-11(6-13)7-14-8-11/h1-4,13H,5-8H2. The fourth-order valence-electron chi connectivity index (χ4n) is 1.68. The zero-order valence-corrected chi connectivity index (χ0v) is 7.87. The van der Waals surface area contributed by atoms with E-state index in [0.717, 1.165) is 12.0 Å². The fraction of sp³-hybridized carbons (Fsp3) is 0.455. The molecule has 0 unspecified atom stereocenters. The van der Waals surface area contributed by atoms with Crippen LogP contribution in [0.15, 0.2) is 24.3 Å². The van der Waals surface area contributed by atoms with Gasteiger partial charge in [-0.05, 0) is 24.1 Å². The van der Waals surface area contributed by atoms with Gasteiger partial charge in [-0.3, -0.25) is 0 Å². The van der Waals surface area contributed by atoms with Gasteiger partial charge in [0, 0.05) is 5.41 Å². The molecule has 76 valence electrons. The molecule has 1 aliphatic rings. The van der Waals surface area contributed by atoms with Crippen molar-refractivity contribution in [3.8, 4) is 0 Å². The fourth-order valence-corrected chi connectivity index (χ4v) is 1.68. The van der Waals surface area contributed by atoms with E-state index in [4.69, 9.17) is 4.74 Å². The van der Waals surface area contributed by atoms with Crippen LogP contribution in [-0.2, 0) is 11.2 Å². The summed E-state index contributed by atoms with van der Waals surface area (Å²) in [5.74, 6) is -0.225. The van der Waals surface area contributed by atoms with Crippen molar-refractivity contribution in [2.24, 2.45) is 5.41 Å². The van der Waals surface area contributed by atoms with Crippen molar-refractivity contribution >= 4 is 0 Å². The molecule has 0 aromatic heterocycles. The number of hydrogen-bond acceptors (Lipinski definition) is 2. The van der Waals surface area contributed by atoms with Crippen molar-refractivity contribution in [3.63, 3.8) is 0 Å². The van der Waals surface area contributed by atoms with Crippen molar-refractivity contribution in [1.29, 1.82) is 0 Å². The van der Waals surface area contributed by atoms with E-state index in [9.17, 15) is 9.50 Å². The van der Waals surface area contributed by atoms with E-state index in [1.807, 2.05) is 0 Å². The lowest BCUT2D eigenvalue weighted by Gasteiger charge is -2.40. The monoisotopic (exact) mass is 196 g/mol. The molecule has 1 saturated heterocycles. The average Bonchev–Trinajstić information content (AvgIpc) is 2.15. The van der Waals surface area contributed by atoms with E-state index in [-0.39, 0.29) is 17.8 Å². The highest BCUT2D eigenvalue weighted by atomic mass is 19.1. The Morgan fingerprint density at radius 1 is 1.29 bits per heavy atom. The van der Waals surface area contributed by atoms with Crippen LogP contribution in [-0.4, -0.2) is 24.9 Å². The van der Waals surface area contributed by atoms with Gasteiger partial charge in [-0.1, -0.05) is 12.1 Å². The quantitative estimate of drug-likeness (QED) is 0.791. The van der Waals surface area contributed by atoms with Gasteiger partial charge < -0.3 is 9.84 Å². The Morgan fingerprint density at radius 2 is 1.93 bits per heavy atom. The third-order valence-corrected chi connectivity index (χ3v) is 2.64. The summed E-state index contributed by atoms with van der Waals surface area (Å²) < 4.78 is 17.7. The molecule has 1 aliphatic heterocycles. The number of aliphatic hydroxyl groups excluding tert-OH is 1. The molecule has 0 aliphatic carbocycles. The summed E-state index contributed by atoms with van der Waals surface area (Å²) in [6, 6.07) is 6.40. The summed E-state index contributed by atoms with van der Waals surface area (Å²) in [7, 11) is 0. The summed E-state index contributed by atoms with van der Waals surface area (Å²) in [5.41, 5.74) is 0.918. The van der Waals surface area contributed by atoms with Crippen LogP contribution < -0.4 is 0 Å². The number of hydrogen-bond donors (Lipinski definition) is 1. The molecule has 0 saturated carbocycles. The van der Waals surface area contributed by atoms with Crippen LogP contribution in [0.1, 0.15) is 5.56 Å². The van der Waals surface area contributed by atoms with Crippen molar-refractivity contribution in [3.05, 3.63) is 35.6 Å². The molecule has 1 aromatic carbocycles. The van der Waals surface area contributed by atoms with Crippen LogP contribution in [0.2, 0.25) is 0 Å². The second kappa shape index (κ2) is 3.67. The average molecular weight is 196 g/mol. The van der Waals surface area contributed by atoms with Crippen molar-refractivity contribution < 1.29 is 14.2 Å². The Morgan fingerprint density at radius 3 is 2.36 bits per heavy atom. The summed E-state index contributed by atoms with van der Waals surface area (Å²) in [6.45, 7) is 1.33. The smallest absolute Gasteiger partial charge is 0.123 e.